The minimum absolute atomic E-state index is 0.252. The van der Waals surface area contributed by atoms with E-state index < -0.39 is 10.0 Å². The molecule has 6 heteroatoms. The summed E-state index contributed by atoms with van der Waals surface area (Å²) >= 11 is 0. The van der Waals surface area contributed by atoms with E-state index in [-0.39, 0.29) is 18.0 Å². The molecule has 0 fully saturated rings. The number of aromatic nitrogens is 2. The third-order valence-electron chi connectivity index (χ3n) is 2.71. The fourth-order valence-corrected chi connectivity index (χ4v) is 3.60. The Morgan fingerprint density at radius 1 is 1.28 bits per heavy atom. The molecule has 5 nitrogen and oxygen atoms in total. The Labute approximate surface area is 108 Å². The summed E-state index contributed by atoms with van der Waals surface area (Å²) in [7, 11) is -1.83. The number of hydrogen-bond acceptors (Lipinski definition) is 3. The molecule has 1 aromatic rings. The van der Waals surface area contributed by atoms with Crippen LogP contribution in [0.2, 0.25) is 0 Å². The maximum Gasteiger partial charge on any atom is 0.247 e. The lowest BCUT2D eigenvalue weighted by atomic mass is 10.4. The highest BCUT2D eigenvalue weighted by atomic mass is 32.2. The van der Waals surface area contributed by atoms with Crippen molar-refractivity contribution in [2.45, 2.75) is 18.7 Å². The average molecular weight is 269 g/mol. The van der Waals surface area contributed by atoms with Crippen molar-refractivity contribution in [2.24, 2.45) is 7.05 Å². The molecule has 0 aliphatic heterocycles. The second kappa shape index (κ2) is 5.49. The zero-order valence-electron chi connectivity index (χ0n) is 11.0. The van der Waals surface area contributed by atoms with Gasteiger partial charge in [0.1, 0.15) is 4.90 Å². The Bertz CT molecular complexity index is 548. The monoisotopic (exact) mass is 269 g/mol. The lowest BCUT2D eigenvalue weighted by Crippen LogP contribution is -2.32. The maximum absolute atomic E-state index is 12.5. The van der Waals surface area contributed by atoms with Gasteiger partial charge in [-0.2, -0.15) is 9.40 Å². The highest BCUT2D eigenvalue weighted by Crippen LogP contribution is 2.22. The third-order valence-corrected chi connectivity index (χ3v) is 4.79. The van der Waals surface area contributed by atoms with Gasteiger partial charge in [-0.15, -0.1) is 13.2 Å². The number of sulfonamides is 1. The Morgan fingerprint density at radius 3 is 2.11 bits per heavy atom. The lowest BCUT2D eigenvalue weighted by Gasteiger charge is -2.19. The normalized spacial score (nSPS) is 11.8. The van der Waals surface area contributed by atoms with Crippen LogP contribution in [0.3, 0.4) is 0 Å². The molecule has 0 N–H and O–H groups in total. The van der Waals surface area contributed by atoms with Crippen molar-refractivity contribution >= 4 is 10.0 Å². The molecule has 0 aliphatic carbocycles. The van der Waals surface area contributed by atoms with Crippen molar-refractivity contribution in [1.29, 1.82) is 0 Å². The van der Waals surface area contributed by atoms with Crippen molar-refractivity contribution in [3.8, 4) is 0 Å². The first-order valence-corrected chi connectivity index (χ1v) is 7.02. The SMILES string of the molecule is C=CCN(CC=C)S(=O)(=O)c1c(C)nn(C)c1C. The van der Waals surface area contributed by atoms with Crippen molar-refractivity contribution in [3.63, 3.8) is 0 Å². The van der Waals surface area contributed by atoms with E-state index >= 15 is 0 Å². The first-order chi connectivity index (χ1) is 8.36. The first-order valence-electron chi connectivity index (χ1n) is 5.58. The molecule has 0 saturated carbocycles. The number of rotatable bonds is 6. The Balaban J connectivity index is 3.34. The maximum atomic E-state index is 12.5. The highest BCUT2D eigenvalue weighted by Gasteiger charge is 2.29. The fraction of sp³-hybridized carbons (Fsp3) is 0.417. The largest absolute Gasteiger partial charge is 0.271 e. The van der Waals surface area contributed by atoms with Crippen LogP contribution in [0.25, 0.3) is 0 Å². The summed E-state index contributed by atoms with van der Waals surface area (Å²) in [5.74, 6) is 0. The Kier molecular flexibility index (Phi) is 4.48. The molecular formula is C12H19N3O2S. The average Bonchev–Trinajstić information content (AvgIpc) is 2.53. The summed E-state index contributed by atoms with van der Waals surface area (Å²) in [6.45, 7) is 11.1. The molecule has 0 radical (unpaired) electrons. The molecule has 1 rings (SSSR count). The van der Waals surface area contributed by atoms with Gasteiger partial charge in [0.25, 0.3) is 0 Å². The van der Waals surface area contributed by atoms with E-state index in [0.717, 1.165) is 0 Å². The van der Waals surface area contributed by atoms with Crippen molar-refractivity contribution in [2.75, 3.05) is 13.1 Å². The van der Waals surface area contributed by atoms with E-state index in [0.29, 0.717) is 11.4 Å². The van der Waals surface area contributed by atoms with Gasteiger partial charge in [-0.3, -0.25) is 4.68 Å². The molecule has 18 heavy (non-hydrogen) atoms. The molecule has 0 aliphatic rings. The molecule has 0 unspecified atom stereocenters. The van der Waals surface area contributed by atoms with Gasteiger partial charge in [-0.05, 0) is 13.8 Å². The topological polar surface area (TPSA) is 55.2 Å². The van der Waals surface area contributed by atoms with Gasteiger partial charge in [0.05, 0.1) is 11.4 Å². The van der Waals surface area contributed by atoms with Crippen LogP contribution in [0.15, 0.2) is 30.2 Å². The second-order valence-electron chi connectivity index (χ2n) is 4.02. The summed E-state index contributed by atoms with van der Waals surface area (Å²) in [5.41, 5.74) is 1.14. The number of aryl methyl sites for hydroxylation is 2. The van der Waals surface area contributed by atoms with Crippen LogP contribution in [0.1, 0.15) is 11.4 Å². The Morgan fingerprint density at radius 2 is 1.78 bits per heavy atom. The highest BCUT2D eigenvalue weighted by molar-refractivity contribution is 7.89. The van der Waals surface area contributed by atoms with Crippen LogP contribution in [0, 0.1) is 13.8 Å². The lowest BCUT2D eigenvalue weighted by molar-refractivity contribution is 0.473. The van der Waals surface area contributed by atoms with E-state index in [9.17, 15) is 8.42 Å². The summed E-state index contributed by atoms with van der Waals surface area (Å²) in [6.07, 6.45) is 3.12. The minimum atomic E-state index is -3.56. The van der Waals surface area contributed by atoms with Crippen LogP contribution in [-0.2, 0) is 17.1 Å². The van der Waals surface area contributed by atoms with Gasteiger partial charge < -0.3 is 0 Å². The molecule has 0 bridgehead atoms. The van der Waals surface area contributed by atoms with E-state index in [4.69, 9.17) is 0 Å². The zero-order valence-corrected chi connectivity index (χ0v) is 11.9. The van der Waals surface area contributed by atoms with Gasteiger partial charge in [-0.1, -0.05) is 12.2 Å². The van der Waals surface area contributed by atoms with Crippen LogP contribution in [0.5, 0.6) is 0 Å². The number of hydrogen-bond donors (Lipinski definition) is 0. The summed E-state index contributed by atoms with van der Waals surface area (Å²) < 4.78 is 28.0. The van der Waals surface area contributed by atoms with E-state index in [1.807, 2.05) is 0 Å². The molecule has 0 aromatic carbocycles. The first kappa shape index (κ1) is 14.7. The Hall–Kier alpha value is -1.40. The van der Waals surface area contributed by atoms with Crippen LogP contribution < -0.4 is 0 Å². The number of nitrogens with zero attached hydrogens (tertiary/aromatic N) is 3. The second-order valence-corrected chi connectivity index (χ2v) is 5.90. The molecule has 100 valence electrons. The quantitative estimate of drug-likeness (QED) is 0.734. The van der Waals surface area contributed by atoms with E-state index in [1.54, 1.807) is 37.7 Å². The van der Waals surface area contributed by atoms with E-state index in [2.05, 4.69) is 18.3 Å². The van der Waals surface area contributed by atoms with Crippen molar-refractivity contribution < 1.29 is 8.42 Å². The van der Waals surface area contributed by atoms with Gasteiger partial charge in [0.15, 0.2) is 0 Å². The predicted molar refractivity (Wildman–Crippen MR) is 71.8 cm³/mol. The molecule has 1 heterocycles. The summed E-state index contributed by atoms with van der Waals surface area (Å²) in [6, 6.07) is 0. The van der Waals surface area contributed by atoms with Gasteiger partial charge in [0, 0.05) is 20.1 Å². The van der Waals surface area contributed by atoms with Gasteiger partial charge in [0.2, 0.25) is 10.0 Å². The summed E-state index contributed by atoms with van der Waals surface area (Å²) in [5, 5.41) is 4.14. The molecule has 0 spiro atoms. The van der Waals surface area contributed by atoms with Crippen LogP contribution in [0.4, 0.5) is 0 Å². The summed E-state index contributed by atoms with van der Waals surface area (Å²) in [4.78, 5) is 0.272. The fourth-order valence-electron chi connectivity index (χ4n) is 1.82. The smallest absolute Gasteiger partial charge is 0.247 e. The van der Waals surface area contributed by atoms with Gasteiger partial charge in [-0.25, -0.2) is 8.42 Å². The molecule has 0 atom stereocenters. The van der Waals surface area contributed by atoms with E-state index in [1.165, 1.54) is 4.31 Å². The van der Waals surface area contributed by atoms with Crippen LogP contribution >= 0.6 is 0 Å². The predicted octanol–water partition coefficient (Wildman–Crippen LogP) is 1.40. The molecular weight excluding hydrogens is 250 g/mol. The molecule has 0 saturated heterocycles. The third kappa shape index (κ3) is 2.54. The zero-order chi connectivity index (χ0) is 13.9. The van der Waals surface area contributed by atoms with Crippen LogP contribution in [-0.4, -0.2) is 35.6 Å². The van der Waals surface area contributed by atoms with Crippen molar-refractivity contribution in [1.82, 2.24) is 14.1 Å². The standard InChI is InChI=1S/C12H19N3O2S/c1-6-8-15(9-7-2)18(16,17)12-10(3)13-14(5)11(12)4/h6-7H,1-2,8-9H2,3-5H3. The van der Waals surface area contributed by atoms with Gasteiger partial charge >= 0.3 is 0 Å². The molecule has 1 aromatic heterocycles. The minimum Gasteiger partial charge on any atom is -0.271 e. The molecule has 0 amide bonds. The van der Waals surface area contributed by atoms with Crippen molar-refractivity contribution in [3.05, 3.63) is 36.7 Å².